The summed E-state index contributed by atoms with van der Waals surface area (Å²) in [4.78, 5) is 15.0. The van der Waals surface area contributed by atoms with Crippen molar-refractivity contribution < 1.29 is 9.90 Å². The number of aliphatic imine (C=N–C) groups is 1. The lowest BCUT2D eigenvalue weighted by Gasteiger charge is -1.98. The van der Waals surface area contributed by atoms with E-state index in [4.69, 9.17) is 5.11 Å². The fraction of sp³-hybridized carbons (Fsp3) is 0.333. The molecule has 0 atom stereocenters. The second-order valence-corrected chi connectivity index (χ2v) is 2.90. The maximum atomic E-state index is 11.1. The van der Waals surface area contributed by atoms with E-state index in [2.05, 4.69) is 10.3 Å². The van der Waals surface area contributed by atoms with Crippen molar-refractivity contribution in [1.29, 1.82) is 0 Å². The molecule has 0 aromatic heterocycles. The van der Waals surface area contributed by atoms with E-state index in [0.29, 0.717) is 5.56 Å². The van der Waals surface area contributed by atoms with Gasteiger partial charge >= 0.3 is 0 Å². The van der Waals surface area contributed by atoms with Crippen molar-refractivity contribution in [2.45, 2.75) is 6.92 Å². The van der Waals surface area contributed by atoms with Crippen LogP contribution in [-0.2, 0) is 0 Å². The lowest BCUT2D eigenvalue weighted by molar-refractivity contribution is 0.0963. The molecule has 0 heterocycles. The molecule has 1 amide bonds. The van der Waals surface area contributed by atoms with Crippen LogP contribution in [0.2, 0.25) is 0 Å². The first kappa shape index (κ1) is 14.3. The molecule has 1 aromatic carbocycles. The Bertz CT molecular complexity index is 331. The van der Waals surface area contributed by atoms with Gasteiger partial charge in [-0.15, -0.1) is 0 Å². The van der Waals surface area contributed by atoms with Gasteiger partial charge in [0, 0.05) is 32.5 Å². The maximum absolute atomic E-state index is 11.1. The summed E-state index contributed by atoms with van der Waals surface area (Å²) in [6, 6.07) is 7.26. The minimum absolute atomic E-state index is 0.0695. The maximum Gasteiger partial charge on any atom is 0.251 e. The Morgan fingerprint density at radius 3 is 2.31 bits per heavy atom. The molecule has 0 saturated carbocycles. The molecule has 16 heavy (non-hydrogen) atoms. The van der Waals surface area contributed by atoms with Crippen molar-refractivity contribution in [3.05, 3.63) is 35.4 Å². The van der Waals surface area contributed by atoms with E-state index in [9.17, 15) is 4.79 Å². The van der Waals surface area contributed by atoms with E-state index in [1.165, 1.54) is 0 Å². The molecule has 0 aliphatic heterocycles. The van der Waals surface area contributed by atoms with Crippen LogP contribution in [0.3, 0.4) is 0 Å². The second-order valence-electron chi connectivity index (χ2n) is 2.90. The number of carbonyl (C=O) groups is 1. The first-order valence-electron chi connectivity index (χ1n) is 5.04. The zero-order valence-electron chi connectivity index (χ0n) is 9.90. The number of aliphatic hydroxyl groups is 1. The number of nitrogens with zero attached hydrogens (tertiary/aromatic N) is 1. The summed E-state index contributed by atoms with van der Waals surface area (Å²) in [5.74, 6) is -0.0695. The topological polar surface area (TPSA) is 61.7 Å². The zero-order valence-corrected chi connectivity index (χ0v) is 9.90. The Morgan fingerprint density at radius 2 is 1.94 bits per heavy atom. The molecule has 0 aliphatic carbocycles. The van der Waals surface area contributed by atoms with Gasteiger partial charge in [-0.25, -0.2) is 0 Å². The average molecular weight is 222 g/mol. The van der Waals surface area contributed by atoms with Gasteiger partial charge in [0.2, 0.25) is 0 Å². The smallest absolute Gasteiger partial charge is 0.251 e. The number of carbonyl (C=O) groups excluding carboxylic acids is 1. The van der Waals surface area contributed by atoms with E-state index in [1.54, 1.807) is 39.4 Å². The molecule has 0 fully saturated rings. The first-order chi connectivity index (χ1) is 7.69. The number of hydrogen-bond acceptors (Lipinski definition) is 3. The lowest BCUT2D eigenvalue weighted by atomic mass is 10.1. The van der Waals surface area contributed by atoms with Crippen LogP contribution in [0.1, 0.15) is 22.8 Å². The second kappa shape index (κ2) is 8.61. The molecule has 2 N–H and O–H groups in total. The van der Waals surface area contributed by atoms with Gasteiger partial charge in [0.05, 0.1) is 0 Å². The Morgan fingerprint density at radius 1 is 1.44 bits per heavy atom. The largest absolute Gasteiger partial charge is 0.397 e. The van der Waals surface area contributed by atoms with E-state index in [-0.39, 0.29) is 12.5 Å². The average Bonchev–Trinajstić information content (AvgIpc) is 2.30. The number of benzene rings is 1. The van der Waals surface area contributed by atoms with Crippen molar-refractivity contribution in [1.82, 2.24) is 5.32 Å². The van der Waals surface area contributed by atoms with Gasteiger partial charge in [-0.2, -0.15) is 0 Å². The van der Waals surface area contributed by atoms with E-state index in [1.807, 2.05) is 12.1 Å². The fourth-order valence-corrected chi connectivity index (χ4v) is 1.01. The van der Waals surface area contributed by atoms with Crippen LogP contribution < -0.4 is 5.32 Å². The van der Waals surface area contributed by atoms with E-state index >= 15 is 0 Å². The van der Waals surface area contributed by atoms with Gasteiger partial charge in [-0.3, -0.25) is 9.79 Å². The Kier molecular flexibility index (Phi) is 7.71. The Balaban J connectivity index is 0.000000673. The highest BCUT2D eigenvalue weighted by molar-refractivity contribution is 5.94. The van der Waals surface area contributed by atoms with Crippen molar-refractivity contribution in [3.63, 3.8) is 0 Å². The van der Waals surface area contributed by atoms with Crippen LogP contribution in [0.15, 0.2) is 29.3 Å². The predicted octanol–water partition coefficient (Wildman–Crippen LogP) is 1.09. The number of hydrogen-bond donors (Lipinski definition) is 2. The minimum Gasteiger partial charge on any atom is -0.397 e. The van der Waals surface area contributed by atoms with Gasteiger partial charge in [-0.1, -0.05) is 12.1 Å². The molecule has 0 aliphatic rings. The molecule has 0 saturated heterocycles. The van der Waals surface area contributed by atoms with Gasteiger partial charge < -0.3 is 10.4 Å². The van der Waals surface area contributed by atoms with Crippen LogP contribution in [0.4, 0.5) is 0 Å². The third-order valence-electron chi connectivity index (χ3n) is 1.68. The normalized spacial score (nSPS) is 9.50. The summed E-state index contributed by atoms with van der Waals surface area (Å²) >= 11 is 0. The molecule has 4 heteroatoms. The van der Waals surface area contributed by atoms with Gasteiger partial charge in [0.25, 0.3) is 5.91 Å². The minimum atomic E-state index is -0.0695. The first-order valence-corrected chi connectivity index (χ1v) is 5.04. The molecule has 0 unspecified atom stereocenters. The van der Waals surface area contributed by atoms with Crippen molar-refractivity contribution in [2.75, 3.05) is 20.7 Å². The predicted molar refractivity (Wildman–Crippen MR) is 66.1 cm³/mol. The van der Waals surface area contributed by atoms with Crippen LogP contribution in [0.5, 0.6) is 0 Å². The monoisotopic (exact) mass is 222 g/mol. The quantitative estimate of drug-likeness (QED) is 0.736. The van der Waals surface area contributed by atoms with Gasteiger partial charge in [-0.05, 0) is 24.6 Å². The van der Waals surface area contributed by atoms with Crippen molar-refractivity contribution in [2.24, 2.45) is 4.99 Å². The van der Waals surface area contributed by atoms with Crippen LogP contribution in [-0.4, -0.2) is 37.9 Å². The number of rotatable bonds is 2. The summed E-state index contributed by atoms with van der Waals surface area (Å²) in [5.41, 5.74) is 1.66. The number of nitrogens with one attached hydrogen (secondary N) is 1. The molecule has 1 rings (SSSR count). The molecule has 0 bridgehead atoms. The highest BCUT2D eigenvalue weighted by Gasteiger charge is 2.00. The summed E-state index contributed by atoms with van der Waals surface area (Å²) in [6.45, 7) is 1.93. The molecular formula is C12H18N2O2. The van der Waals surface area contributed by atoms with Crippen molar-refractivity contribution in [3.8, 4) is 0 Å². The summed E-state index contributed by atoms with van der Waals surface area (Å²) in [7, 11) is 3.33. The van der Waals surface area contributed by atoms with E-state index < -0.39 is 0 Å². The summed E-state index contributed by atoms with van der Waals surface area (Å²) < 4.78 is 0. The summed E-state index contributed by atoms with van der Waals surface area (Å²) in [5, 5.41) is 10.1. The molecule has 4 nitrogen and oxygen atoms in total. The van der Waals surface area contributed by atoms with Gasteiger partial charge in [0.15, 0.2) is 0 Å². The van der Waals surface area contributed by atoms with Crippen LogP contribution in [0.25, 0.3) is 0 Å². The van der Waals surface area contributed by atoms with Crippen LogP contribution >= 0.6 is 0 Å². The Labute approximate surface area is 96.0 Å². The summed E-state index contributed by atoms with van der Waals surface area (Å²) in [6.07, 6.45) is 1.74. The SMILES string of the molecule is C/N=C\c1ccc(C(=O)NC)cc1.CCO. The van der Waals surface area contributed by atoms with Gasteiger partial charge in [0.1, 0.15) is 0 Å². The molecule has 88 valence electrons. The number of amides is 1. The zero-order chi connectivity index (χ0) is 12.4. The fourth-order valence-electron chi connectivity index (χ4n) is 1.01. The number of aliphatic hydroxyl groups excluding tert-OH is 1. The molecule has 0 radical (unpaired) electrons. The molecule has 1 aromatic rings. The lowest BCUT2D eigenvalue weighted by Crippen LogP contribution is -2.17. The van der Waals surface area contributed by atoms with E-state index in [0.717, 1.165) is 5.56 Å². The molecular weight excluding hydrogens is 204 g/mol. The van der Waals surface area contributed by atoms with Crippen molar-refractivity contribution >= 4 is 12.1 Å². The highest BCUT2D eigenvalue weighted by atomic mass is 16.2. The highest BCUT2D eigenvalue weighted by Crippen LogP contribution is 2.01. The third kappa shape index (κ3) is 5.26. The third-order valence-corrected chi connectivity index (χ3v) is 1.68. The molecule has 0 spiro atoms. The Hall–Kier alpha value is -1.68. The standard InChI is InChI=1S/C10H12N2O.C2H6O/c1-11-7-8-3-5-9(6-4-8)10(13)12-2;1-2-3/h3-7H,1-2H3,(H,12,13);3H,2H2,1H3/b11-7-;. The van der Waals surface area contributed by atoms with Crippen LogP contribution in [0, 0.1) is 0 Å².